The first-order valence-corrected chi connectivity index (χ1v) is 10.2. The Kier molecular flexibility index (Phi) is 5.24. The molecule has 1 N–H and O–H groups in total. The SMILES string of the molecule is COc1cc(C2CC(=O)Nc3c2cnn3-c2ccc(C)cc2C)ccc1OC(C)C. The first kappa shape index (κ1) is 20.0. The highest BCUT2D eigenvalue weighted by Crippen LogP contribution is 2.41. The number of carbonyl (C=O) groups excluding carboxylic acids is 1. The van der Waals surface area contributed by atoms with E-state index in [0.29, 0.717) is 17.9 Å². The molecular weight excluding hydrogens is 378 g/mol. The van der Waals surface area contributed by atoms with Crippen LogP contribution >= 0.6 is 0 Å². The maximum atomic E-state index is 12.6. The molecule has 6 nitrogen and oxygen atoms in total. The summed E-state index contributed by atoms with van der Waals surface area (Å²) in [6.45, 7) is 8.07. The zero-order chi connectivity index (χ0) is 21.4. The minimum absolute atomic E-state index is 0.0273. The molecule has 2 heterocycles. The molecule has 1 amide bonds. The van der Waals surface area contributed by atoms with Crippen molar-refractivity contribution in [3.63, 3.8) is 0 Å². The lowest BCUT2D eigenvalue weighted by Gasteiger charge is -2.25. The van der Waals surface area contributed by atoms with Gasteiger partial charge in [0.15, 0.2) is 11.5 Å². The fourth-order valence-corrected chi connectivity index (χ4v) is 3.99. The van der Waals surface area contributed by atoms with E-state index in [1.807, 2.05) is 49.0 Å². The van der Waals surface area contributed by atoms with E-state index in [1.54, 1.807) is 7.11 Å². The van der Waals surface area contributed by atoms with Crippen molar-refractivity contribution in [2.75, 3.05) is 12.4 Å². The summed E-state index contributed by atoms with van der Waals surface area (Å²) < 4.78 is 13.2. The number of nitrogens with zero attached hydrogens (tertiary/aromatic N) is 2. The lowest BCUT2D eigenvalue weighted by Crippen LogP contribution is -2.24. The van der Waals surface area contributed by atoms with Crippen molar-refractivity contribution in [3.05, 3.63) is 64.8 Å². The summed E-state index contributed by atoms with van der Waals surface area (Å²) in [7, 11) is 1.63. The van der Waals surface area contributed by atoms with E-state index in [-0.39, 0.29) is 17.9 Å². The van der Waals surface area contributed by atoms with Crippen molar-refractivity contribution in [2.24, 2.45) is 0 Å². The number of aryl methyl sites for hydroxylation is 2. The van der Waals surface area contributed by atoms with Gasteiger partial charge in [-0.2, -0.15) is 5.10 Å². The van der Waals surface area contributed by atoms with Crippen LogP contribution in [0.15, 0.2) is 42.6 Å². The van der Waals surface area contributed by atoms with Crippen molar-refractivity contribution in [3.8, 4) is 17.2 Å². The van der Waals surface area contributed by atoms with Gasteiger partial charge in [-0.05, 0) is 57.0 Å². The Balaban J connectivity index is 1.77. The third-order valence-corrected chi connectivity index (χ3v) is 5.35. The number of carbonyl (C=O) groups is 1. The summed E-state index contributed by atoms with van der Waals surface area (Å²) in [4.78, 5) is 12.6. The van der Waals surface area contributed by atoms with Crippen molar-refractivity contribution in [1.82, 2.24) is 9.78 Å². The van der Waals surface area contributed by atoms with E-state index in [2.05, 4.69) is 36.4 Å². The number of aromatic nitrogens is 2. The monoisotopic (exact) mass is 405 g/mol. The molecule has 1 atom stereocenters. The number of hydrogen-bond donors (Lipinski definition) is 1. The van der Waals surface area contributed by atoms with Gasteiger partial charge in [0.2, 0.25) is 5.91 Å². The molecule has 0 saturated carbocycles. The Hall–Kier alpha value is -3.28. The molecule has 1 aliphatic rings. The summed E-state index contributed by atoms with van der Waals surface area (Å²) in [5.41, 5.74) is 5.25. The van der Waals surface area contributed by atoms with E-state index in [9.17, 15) is 4.79 Å². The first-order valence-electron chi connectivity index (χ1n) is 10.2. The van der Waals surface area contributed by atoms with Gasteiger partial charge in [-0.3, -0.25) is 4.79 Å². The second-order valence-electron chi connectivity index (χ2n) is 8.03. The van der Waals surface area contributed by atoms with E-state index in [0.717, 1.165) is 28.2 Å². The van der Waals surface area contributed by atoms with E-state index in [4.69, 9.17) is 9.47 Å². The second kappa shape index (κ2) is 7.86. The second-order valence-corrected chi connectivity index (χ2v) is 8.03. The average Bonchev–Trinajstić information content (AvgIpc) is 3.10. The minimum atomic E-state index is -0.102. The summed E-state index contributed by atoms with van der Waals surface area (Å²) >= 11 is 0. The molecule has 6 heteroatoms. The molecule has 156 valence electrons. The molecular formula is C24H27N3O3. The van der Waals surface area contributed by atoms with Crippen LogP contribution in [0.1, 0.15) is 48.4 Å². The predicted molar refractivity (Wildman–Crippen MR) is 117 cm³/mol. The summed E-state index contributed by atoms with van der Waals surface area (Å²) in [5.74, 6) is 1.96. The van der Waals surface area contributed by atoms with Crippen LogP contribution in [-0.2, 0) is 4.79 Å². The van der Waals surface area contributed by atoms with Gasteiger partial charge in [0, 0.05) is 17.9 Å². The van der Waals surface area contributed by atoms with Gasteiger partial charge in [0.25, 0.3) is 0 Å². The highest BCUT2D eigenvalue weighted by molar-refractivity contribution is 5.94. The highest BCUT2D eigenvalue weighted by atomic mass is 16.5. The number of anilines is 1. The number of benzene rings is 2. The maximum Gasteiger partial charge on any atom is 0.226 e. The molecule has 2 aromatic carbocycles. The Bertz CT molecular complexity index is 1100. The molecule has 0 bridgehead atoms. The highest BCUT2D eigenvalue weighted by Gasteiger charge is 2.31. The molecule has 3 aromatic rings. The van der Waals surface area contributed by atoms with Gasteiger partial charge in [0.05, 0.1) is 25.1 Å². The van der Waals surface area contributed by atoms with Crippen LogP contribution in [0.3, 0.4) is 0 Å². The topological polar surface area (TPSA) is 65.4 Å². The number of ether oxygens (including phenoxy) is 2. The molecule has 0 spiro atoms. The molecule has 0 radical (unpaired) electrons. The van der Waals surface area contributed by atoms with Gasteiger partial charge in [-0.1, -0.05) is 23.8 Å². The van der Waals surface area contributed by atoms with E-state index < -0.39 is 0 Å². The van der Waals surface area contributed by atoms with Crippen LogP contribution < -0.4 is 14.8 Å². The fourth-order valence-electron chi connectivity index (χ4n) is 3.99. The van der Waals surface area contributed by atoms with Crippen LogP contribution in [0, 0.1) is 13.8 Å². The quantitative estimate of drug-likeness (QED) is 0.665. The molecule has 1 aromatic heterocycles. The van der Waals surface area contributed by atoms with Crippen LogP contribution in [0.25, 0.3) is 5.69 Å². The molecule has 0 aliphatic carbocycles. The molecule has 1 aliphatic heterocycles. The maximum absolute atomic E-state index is 12.6. The Morgan fingerprint density at radius 1 is 1.13 bits per heavy atom. The molecule has 1 unspecified atom stereocenters. The van der Waals surface area contributed by atoms with Gasteiger partial charge >= 0.3 is 0 Å². The number of nitrogens with one attached hydrogen (secondary N) is 1. The van der Waals surface area contributed by atoms with Gasteiger partial charge in [0.1, 0.15) is 5.82 Å². The Labute approximate surface area is 176 Å². The normalized spacial score (nSPS) is 15.7. The molecule has 0 fully saturated rings. The number of hydrogen-bond acceptors (Lipinski definition) is 4. The van der Waals surface area contributed by atoms with Crippen LogP contribution in [0.4, 0.5) is 5.82 Å². The van der Waals surface area contributed by atoms with E-state index in [1.165, 1.54) is 5.56 Å². The Morgan fingerprint density at radius 2 is 1.93 bits per heavy atom. The number of amides is 1. The number of methoxy groups -OCH3 is 1. The first-order chi connectivity index (χ1) is 14.4. The van der Waals surface area contributed by atoms with Crippen molar-refractivity contribution in [1.29, 1.82) is 0 Å². The molecule has 30 heavy (non-hydrogen) atoms. The van der Waals surface area contributed by atoms with E-state index >= 15 is 0 Å². The molecule has 0 saturated heterocycles. The van der Waals surface area contributed by atoms with Crippen LogP contribution in [0.2, 0.25) is 0 Å². The third-order valence-electron chi connectivity index (χ3n) is 5.35. The van der Waals surface area contributed by atoms with Gasteiger partial charge in [-0.25, -0.2) is 4.68 Å². The lowest BCUT2D eigenvalue weighted by molar-refractivity contribution is -0.116. The summed E-state index contributed by atoms with van der Waals surface area (Å²) in [6.07, 6.45) is 2.26. The number of rotatable bonds is 5. The largest absolute Gasteiger partial charge is 0.493 e. The van der Waals surface area contributed by atoms with Gasteiger partial charge in [-0.15, -0.1) is 0 Å². The van der Waals surface area contributed by atoms with Crippen molar-refractivity contribution in [2.45, 2.75) is 46.1 Å². The van der Waals surface area contributed by atoms with Crippen molar-refractivity contribution < 1.29 is 14.3 Å². The smallest absolute Gasteiger partial charge is 0.226 e. The van der Waals surface area contributed by atoms with Crippen LogP contribution in [0.5, 0.6) is 11.5 Å². The average molecular weight is 405 g/mol. The zero-order valence-corrected chi connectivity index (χ0v) is 18.0. The lowest BCUT2D eigenvalue weighted by atomic mass is 9.87. The zero-order valence-electron chi connectivity index (χ0n) is 18.0. The minimum Gasteiger partial charge on any atom is -0.493 e. The third kappa shape index (κ3) is 3.65. The summed E-state index contributed by atoms with van der Waals surface area (Å²) in [6, 6.07) is 12.1. The predicted octanol–water partition coefficient (Wildman–Crippen LogP) is 4.76. The fraction of sp³-hybridized carbons (Fsp3) is 0.333. The van der Waals surface area contributed by atoms with Gasteiger partial charge < -0.3 is 14.8 Å². The van der Waals surface area contributed by atoms with Crippen LogP contribution in [-0.4, -0.2) is 28.9 Å². The standard InChI is InChI=1S/C24H27N3O3/c1-14(2)30-21-9-7-17(11-22(21)29-5)18-12-23(28)26-24-19(18)13-25-27(24)20-8-6-15(3)10-16(20)4/h6-11,13-14,18H,12H2,1-5H3,(H,26,28). The number of fused-ring (bicyclic) bond motifs is 1. The summed E-state index contributed by atoms with van der Waals surface area (Å²) in [5, 5.41) is 7.63. The Morgan fingerprint density at radius 3 is 2.63 bits per heavy atom. The van der Waals surface area contributed by atoms with Crippen molar-refractivity contribution >= 4 is 11.7 Å². The molecule has 4 rings (SSSR count).